The Morgan fingerprint density at radius 3 is 3.04 bits per heavy atom. The van der Waals surface area contributed by atoms with Crippen LogP contribution in [0.25, 0.3) is 11.2 Å². The van der Waals surface area contributed by atoms with Crippen LogP contribution in [0.2, 0.25) is 5.02 Å². The van der Waals surface area contributed by atoms with Gasteiger partial charge in [-0.2, -0.15) is 0 Å². The Kier molecular flexibility index (Phi) is 5.43. The molecule has 0 bridgehead atoms. The lowest BCUT2D eigenvalue weighted by Crippen LogP contribution is -2.32. The summed E-state index contributed by atoms with van der Waals surface area (Å²) < 4.78 is 5.22. The van der Waals surface area contributed by atoms with E-state index < -0.39 is 0 Å². The lowest BCUT2D eigenvalue weighted by atomic mass is 10.2. The van der Waals surface area contributed by atoms with Gasteiger partial charge in [0.05, 0.1) is 18.2 Å². The average molecular weight is 385 g/mol. The molecule has 0 radical (unpaired) electrons. The standard InChI is InChI=1S/C18H17ClN6O2/c1-10(5-3-6-11-9-22-15(20)13(19)14(11)27-2)23-18(26)17-24-12-7-4-8-21-16(12)25-17/h4,7-10H,5H2,1-2H3,(H2,20,22)(H,23,26)(H,21,24,25)/t10-/m0/s1. The number of anilines is 1. The Hall–Kier alpha value is -3.31. The van der Waals surface area contributed by atoms with Crippen molar-refractivity contribution in [1.29, 1.82) is 0 Å². The number of nitrogens with two attached hydrogens (primary N) is 1. The van der Waals surface area contributed by atoms with Gasteiger partial charge in [0, 0.05) is 24.9 Å². The van der Waals surface area contributed by atoms with E-state index in [-0.39, 0.29) is 28.6 Å². The number of nitrogen functional groups attached to an aromatic ring is 1. The molecule has 1 atom stereocenters. The third-order valence-electron chi connectivity index (χ3n) is 3.69. The number of carbonyl (C=O) groups is 1. The third kappa shape index (κ3) is 4.10. The molecule has 3 aromatic rings. The highest BCUT2D eigenvalue weighted by Crippen LogP contribution is 2.31. The number of hydrogen-bond acceptors (Lipinski definition) is 6. The number of ether oxygens (including phenoxy) is 1. The molecule has 0 fully saturated rings. The van der Waals surface area contributed by atoms with Crippen molar-refractivity contribution >= 4 is 34.5 Å². The Morgan fingerprint density at radius 2 is 2.30 bits per heavy atom. The van der Waals surface area contributed by atoms with E-state index in [1.165, 1.54) is 13.3 Å². The molecule has 1 amide bonds. The van der Waals surface area contributed by atoms with Crippen LogP contribution in [0.5, 0.6) is 5.75 Å². The topological polar surface area (TPSA) is 119 Å². The van der Waals surface area contributed by atoms with Gasteiger partial charge in [0.25, 0.3) is 5.91 Å². The summed E-state index contributed by atoms with van der Waals surface area (Å²) in [6.45, 7) is 1.85. The van der Waals surface area contributed by atoms with Crippen LogP contribution < -0.4 is 15.8 Å². The highest BCUT2D eigenvalue weighted by molar-refractivity contribution is 6.34. The number of H-pyrrole nitrogens is 1. The molecule has 138 valence electrons. The highest BCUT2D eigenvalue weighted by atomic mass is 35.5. The van der Waals surface area contributed by atoms with Gasteiger partial charge in [-0.3, -0.25) is 4.79 Å². The second-order valence-electron chi connectivity index (χ2n) is 5.74. The van der Waals surface area contributed by atoms with E-state index in [9.17, 15) is 4.79 Å². The molecule has 0 aliphatic heterocycles. The van der Waals surface area contributed by atoms with Crippen molar-refractivity contribution in [2.75, 3.05) is 12.8 Å². The van der Waals surface area contributed by atoms with Crippen LogP contribution in [0.4, 0.5) is 5.82 Å². The van der Waals surface area contributed by atoms with Crippen molar-refractivity contribution in [2.45, 2.75) is 19.4 Å². The van der Waals surface area contributed by atoms with Gasteiger partial charge in [0.2, 0.25) is 0 Å². The summed E-state index contributed by atoms with van der Waals surface area (Å²) in [4.78, 5) is 27.5. The van der Waals surface area contributed by atoms with E-state index in [0.717, 1.165) is 0 Å². The SMILES string of the molecule is COc1c(C#CC[C@H](C)NC(=O)c2nc3ncccc3[nH]2)cnc(N)c1Cl. The fourth-order valence-electron chi connectivity index (χ4n) is 2.37. The molecule has 0 aliphatic rings. The first-order chi connectivity index (χ1) is 13.0. The summed E-state index contributed by atoms with van der Waals surface area (Å²) in [7, 11) is 1.48. The first-order valence-corrected chi connectivity index (χ1v) is 8.45. The zero-order valence-corrected chi connectivity index (χ0v) is 15.5. The van der Waals surface area contributed by atoms with Crippen LogP contribution in [0.15, 0.2) is 24.5 Å². The fourth-order valence-corrected chi connectivity index (χ4v) is 2.60. The molecule has 0 saturated heterocycles. The van der Waals surface area contributed by atoms with E-state index in [4.69, 9.17) is 22.1 Å². The Bertz CT molecular complexity index is 1020. The lowest BCUT2D eigenvalue weighted by molar-refractivity contribution is 0.0931. The molecule has 0 saturated carbocycles. The first-order valence-electron chi connectivity index (χ1n) is 8.08. The van der Waals surface area contributed by atoms with Crippen LogP contribution in [-0.4, -0.2) is 39.0 Å². The summed E-state index contributed by atoms with van der Waals surface area (Å²) >= 11 is 6.06. The monoisotopic (exact) mass is 384 g/mol. The second kappa shape index (κ2) is 7.93. The van der Waals surface area contributed by atoms with E-state index in [1.807, 2.05) is 6.92 Å². The van der Waals surface area contributed by atoms with Crippen LogP contribution in [0, 0.1) is 11.8 Å². The number of pyridine rings is 2. The van der Waals surface area contributed by atoms with Gasteiger partial charge in [-0.1, -0.05) is 23.4 Å². The number of nitrogens with zero attached hydrogens (tertiary/aromatic N) is 3. The van der Waals surface area contributed by atoms with Gasteiger partial charge in [-0.05, 0) is 19.1 Å². The molecule has 3 heterocycles. The number of rotatable bonds is 4. The number of amides is 1. The maximum Gasteiger partial charge on any atom is 0.287 e. The number of fused-ring (bicyclic) bond motifs is 1. The van der Waals surface area contributed by atoms with Crippen molar-refractivity contribution in [3.8, 4) is 17.6 Å². The van der Waals surface area contributed by atoms with Crippen molar-refractivity contribution in [3.63, 3.8) is 0 Å². The molecule has 0 spiro atoms. The van der Waals surface area contributed by atoms with E-state index in [0.29, 0.717) is 28.9 Å². The number of imidazole rings is 1. The molecule has 3 aromatic heterocycles. The van der Waals surface area contributed by atoms with Gasteiger partial charge in [-0.15, -0.1) is 0 Å². The summed E-state index contributed by atoms with van der Waals surface area (Å²) in [5.74, 6) is 6.36. The molecule has 8 nitrogen and oxygen atoms in total. The average Bonchev–Trinajstić information content (AvgIpc) is 3.09. The molecule has 4 N–H and O–H groups in total. The normalized spacial score (nSPS) is 11.5. The number of aromatic nitrogens is 4. The van der Waals surface area contributed by atoms with Gasteiger partial charge in [0.1, 0.15) is 10.8 Å². The zero-order chi connectivity index (χ0) is 19.4. The number of nitrogens with one attached hydrogen (secondary N) is 2. The van der Waals surface area contributed by atoms with Crippen molar-refractivity contribution < 1.29 is 9.53 Å². The van der Waals surface area contributed by atoms with Gasteiger partial charge in [0.15, 0.2) is 17.2 Å². The molecule has 0 aromatic carbocycles. The fraction of sp³-hybridized carbons (Fsp3) is 0.222. The number of carbonyl (C=O) groups excluding carboxylic acids is 1. The van der Waals surface area contributed by atoms with Gasteiger partial charge < -0.3 is 20.8 Å². The van der Waals surface area contributed by atoms with Crippen LogP contribution >= 0.6 is 11.6 Å². The smallest absolute Gasteiger partial charge is 0.287 e. The molecular formula is C18H17ClN6O2. The van der Waals surface area contributed by atoms with Crippen LogP contribution in [-0.2, 0) is 0 Å². The Balaban J connectivity index is 1.65. The zero-order valence-electron chi connectivity index (χ0n) is 14.7. The predicted molar refractivity (Wildman–Crippen MR) is 103 cm³/mol. The molecule has 27 heavy (non-hydrogen) atoms. The summed E-state index contributed by atoms with van der Waals surface area (Å²) in [6.07, 6.45) is 3.53. The molecule has 3 rings (SSSR count). The third-order valence-corrected chi connectivity index (χ3v) is 4.05. The minimum atomic E-state index is -0.322. The van der Waals surface area contributed by atoms with E-state index in [2.05, 4.69) is 37.1 Å². The number of halogens is 1. The maximum atomic E-state index is 12.3. The Morgan fingerprint density at radius 1 is 1.48 bits per heavy atom. The highest BCUT2D eigenvalue weighted by Gasteiger charge is 2.14. The number of aromatic amines is 1. The molecule has 0 unspecified atom stereocenters. The second-order valence-corrected chi connectivity index (χ2v) is 6.12. The van der Waals surface area contributed by atoms with Gasteiger partial charge in [-0.25, -0.2) is 15.0 Å². The van der Waals surface area contributed by atoms with Crippen LogP contribution in [0.3, 0.4) is 0 Å². The largest absolute Gasteiger partial charge is 0.494 e. The molecule has 0 aliphatic carbocycles. The lowest BCUT2D eigenvalue weighted by Gasteiger charge is -2.09. The summed E-state index contributed by atoms with van der Waals surface area (Å²) in [5, 5.41) is 3.06. The minimum absolute atomic E-state index is 0.181. The number of methoxy groups -OCH3 is 1. The minimum Gasteiger partial charge on any atom is -0.494 e. The quantitative estimate of drug-likeness (QED) is 0.593. The van der Waals surface area contributed by atoms with E-state index in [1.54, 1.807) is 18.3 Å². The summed E-state index contributed by atoms with van der Waals surface area (Å²) in [5.41, 5.74) is 7.37. The summed E-state index contributed by atoms with van der Waals surface area (Å²) in [6, 6.07) is 3.38. The first kappa shape index (κ1) is 18.5. The van der Waals surface area contributed by atoms with Crippen molar-refractivity contribution in [2.24, 2.45) is 0 Å². The van der Waals surface area contributed by atoms with Crippen molar-refractivity contribution in [3.05, 3.63) is 40.9 Å². The predicted octanol–water partition coefficient (Wildman–Crippen LogP) is 2.16. The van der Waals surface area contributed by atoms with Crippen molar-refractivity contribution in [1.82, 2.24) is 25.3 Å². The van der Waals surface area contributed by atoms with E-state index >= 15 is 0 Å². The molecule has 9 heteroatoms. The maximum absolute atomic E-state index is 12.3. The Labute approximate surface area is 160 Å². The molecular weight excluding hydrogens is 368 g/mol. The number of hydrogen-bond donors (Lipinski definition) is 3. The van der Waals surface area contributed by atoms with Crippen LogP contribution in [0.1, 0.15) is 29.5 Å². The van der Waals surface area contributed by atoms with Gasteiger partial charge >= 0.3 is 0 Å².